The Kier molecular flexibility index (Phi) is 3.26. The molecule has 0 spiro atoms. The van der Waals surface area contributed by atoms with Gasteiger partial charge in [0.05, 0.1) is 6.54 Å². The number of carbonyl (C=O) groups excluding carboxylic acids is 1. The Hall–Kier alpha value is -0.610. The van der Waals surface area contributed by atoms with Crippen molar-refractivity contribution in [2.75, 3.05) is 33.2 Å². The first kappa shape index (κ1) is 10.9. The third-order valence-corrected chi connectivity index (χ3v) is 3.42. The van der Waals surface area contributed by atoms with Crippen molar-refractivity contribution in [2.45, 2.75) is 31.8 Å². The summed E-state index contributed by atoms with van der Waals surface area (Å²) in [6.07, 6.45) is 2.41. The highest BCUT2D eigenvalue weighted by molar-refractivity contribution is 5.79. The average Bonchev–Trinajstić information content (AvgIpc) is 2.85. The quantitative estimate of drug-likeness (QED) is 0.690. The van der Waals surface area contributed by atoms with Crippen LogP contribution in [0.2, 0.25) is 0 Å². The number of amides is 1. The highest BCUT2D eigenvalue weighted by Gasteiger charge is 2.32. The molecule has 0 aromatic rings. The molecule has 1 heterocycles. The zero-order valence-electron chi connectivity index (χ0n) is 9.70. The molecule has 0 unspecified atom stereocenters. The average molecular weight is 211 g/mol. The van der Waals surface area contributed by atoms with Crippen LogP contribution in [0.5, 0.6) is 0 Å². The maximum Gasteiger partial charge on any atom is 0.236 e. The van der Waals surface area contributed by atoms with Crippen LogP contribution in [-0.4, -0.2) is 61.0 Å². The summed E-state index contributed by atoms with van der Waals surface area (Å²) < 4.78 is 0. The molecule has 1 saturated carbocycles. The van der Waals surface area contributed by atoms with Crippen LogP contribution < -0.4 is 5.32 Å². The van der Waals surface area contributed by atoms with Crippen molar-refractivity contribution < 1.29 is 4.79 Å². The first-order chi connectivity index (χ1) is 7.22. The van der Waals surface area contributed by atoms with Gasteiger partial charge < -0.3 is 10.2 Å². The van der Waals surface area contributed by atoms with E-state index < -0.39 is 0 Å². The summed E-state index contributed by atoms with van der Waals surface area (Å²) in [4.78, 5) is 16.2. The Balaban J connectivity index is 1.78. The molecule has 0 radical (unpaired) electrons. The number of nitrogens with zero attached hydrogens (tertiary/aromatic N) is 2. The molecule has 0 bridgehead atoms. The molecule has 1 saturated heterocycles. The van der Waals surface area contributed by atoms with Gasteiger partial charge >= 0.3 is 0 Å². The van der Waals surface area contributed by atoms with Gasteiger partial charge in [-0.15, -0.1) is 0 Å². The summed E-state index contributed by atoms with van der Waals surface area (Å²) in [5.41, 5.74) is 0. The fourth-order valence-corrected chi connectivity index (χ4v) is 2.04. The SMILES string of the molecule is CCN(C(=O)CN(C)C1CNC1)C1CC1. The van der Waals surface area contributed by atoms with Gasteiger partial charge in [0.15, 0.2) is 0 Å². The number of hydrogen-bond donors (Lipinski definition) is 1. The fourth-order valence-electron chi connectivity index (χ4n) is 2.04. The lowest BCUT2D eigenvalue weighted by atomic mass is 10.1. The third-order valence-electron chi connectivity index (χ3n) is 3.42. The molecule has 1 N–H and O–H groups in total. The summed E-state index contributed by atoms with van der Waals surface area (Å²) in [6.45, 7) is 5.57. The van der Waals surface area contributed by atoms with Gasteiger partial charge in [-0.05, 0) is 26.8 Å². The van der Waals surface area contributed by atoms with Gasteiger partial charge in [0, 0.05) is 31.7 Å². The van der Waals surface area contributed by atoms with Gasteiger partial charge in [0.25, 0.3) is 0 Å². The molecule has 15 heavy (non-hydrogen) atoms. The Bertz CT molecular complexity index is 236. The minimum atomic E-state index is 0.300. The highest BCUT2D eigenvalue weighted by atomic mass is 16.2. The van der Waals surface area contributed by atoms with Crippen LogP contribution in [0.4, 0.5) is 0 Å². The minimum Gasteiger partial charge on any atom is -0.339 e. The molecular formula is C11H21N3O. The summed E-state index contributed by atoms with van der Waals surface area (Å²) in [7, 11) is 2.05. The maximum atomic E-state index is 12.0. The molecule has 2 rings (SSSR count). The summed E-state index contributed by atoms with van der Waals surface area (Å²) in [5, 5.41) is 3.23. The van der Waals surface area contributed by atoms with E-state index in [1.807, 2.05) is 11.9 Å². The molecule has 1 aliphatic carbocycles. The molecular weight excluding hydrogens is 190 g/mol. The Morgan fingerprint density at radius 1 is 1.33 bits per heavy atom. The van der Waals surface area contributed by atoms with E-state index in [1.165, 1.54) is 12.8 Å². The third kappa shape index (κ3) is 2.49. The number of rotatable bonds is 5. The number of carbonyl (C=O) groups is 1. The van der Waals surface area contributed by atoms with Crippen molar-refractivity contribution in [3.8, 4) is 0 Å². The number of hydrogen-bond acceptors (Lipinski definition) is 3. The molecule has 2 fully saturated rings. The summed E-state index contributed by atoms with van der Waals surface area (Å²) in [5.74, 6) is 0.300. The van der Waals surface area contributed by atoms with Gasteiger partial charge in [-0.3, -0.25) is 9.69 Å². The molecule has 0 aromatic heterocycles. The lowest BCUT2D eigenvalue weighted by Gasteiger charge is -2.36. The van der Waals surface area contributed by atoms with Gasteiger partial charge in [-0.2, -0.15) is 0 Å². The van der Waals surface area contributed by atoms with Crippen molar-refractivity contribution in [1.82, 2.24) is 15.1 Å². The number of nitrogens with one attached hydrogen (secondary N) is 1. The van der Waals surface area contributed by atoms with Crippen molar-refractivity contribution in [1.29, 1.82) is 0 Å². The lowest BCUT2D eigenvalue weighted by Crippen LogP contribution is -2.57. The molecule has 0 atom stereocenters. The van der Waals surface area contributed by atoms with Gasteiger partial charge in [0.2, 0.25) is 5.91 Å². The van der Waals surface area contributed by atoms with E-state index in [0.29, 0.717) is 24.5 Å². The van der Waals surface area contributed by atoms with Crippen LogP contribution in [0.3, 0.4) is 0 Å². The van der Waals surface area contributed by atoms with E-state index in [1.54, 1.807) is 0 Å². The highest BCUT2D eigenvalue weighted by Crippen LogP contribution is 2.26. The first-order valence-electron chi connectivity index (χ1n) is 5.92. The maximum absolute atomic E-state index is 12.0. The Morgan fingerprint density at radius 2 is 2.00 bits per heavy atom. The van der Waals surface area contributed by atoms with Gasteiger partial charge in [-0.1, -0.05) is 0 Å². The van der Waals surface area contributed by atoms with E-state index >= 15 is 0 Å². The summed E-state index contributed by atoms with van der Waals surface area (Å²) in [6, 6.07) is 1.11. The largest absolute Gasteiger partial charge is 0.339 e. The zero-order chi connectivity index (χ0) is 10.8. The second kappa shape index (κ2) is 4.49. The lowest BCUT2D eigenvalue weighted by molar-refractivity contribution is -0.133. The topological polar surface area (TPSA) is 35.6 Å². The Morgan fingerprint density at radius 3 is 2.40 bits per heavy atom. The molecule has 86 valence electrons. The van der Waals surface area contributed by atoms with Crippen LogP contribution in [0.1, 0.15) is 19.8 Å². The second-order valence-corrected chi connectivity index (χ2v) is 4.64. The van der Waals surface area contributed by atoms with Gasteiger partial charge in [0.1, 0.15) is 0 Å². The summed E-state index contributed by atoms with van der Waals surface area (Å²) >= 11 is 0. The van der Waals surface area contributed by atoms with E-state index in [-0.39, 0.29) is 0 Å². The van der Waals surface area contributed by atoms with Crippen LogP contribution in [0, 0.1) is 0 Å². The molecule has 4 heteroatoms. The molecule has 1 aliphatic heterocycles. The smallest absolute Gasteiger partial charge is 0.236 e. The molecule has 4 nitrogen and oxygen atoms in total. The van der Waals surface area contributed by atoms with Crippen LogP contribution in [-0.2, 0) is 4.79 Å². The number of likely N-dealkylation sites (N-methyl/N-ethyl adjacent to an activating group) is 2. The predicted octanol–water partition coefficient (Wildman–Crippen LogP) is -0.0991. The monoisotopic (exact) mass is 211 g/mol. The second-order valence-electron chi connectivity index (χ2n) is 4.64. The Labute approximate surface area is 91.6 Å². The van der Waals surface area contributed by atoms with Crippen molar-refractivity contribution in [3.05, 3.63) is 0 Å². The fraction of sp³-hybridized carbons (Fsp3) is 0.909. The molecule has 1 amide bonds. The van der Waals surface area contributed by atoms with Crippen LogP contribution in [0.15, 0.2) is 0 Å². The normalized spacial score (nSPS) is 21.5. The van der Waals surface area contributed by atoms with Gasteiger partial charge in [-0.25, -0.2) is 0 Å². The zero-order valence-corrected chi connectivity index (χ0v) is 9.70. The standard InChI is InChI=1S/C11H21N3O/c1-3-14(9-4-5-9)11(15)8-13(2)10-6-12-7-10/h9-10,12H,3-8H2,1-2H3. The van der Waals surface area contributed by atoms with Crippen LogP contribution >= 0.6 is 0 Å². The van der Waals surface area contributed by atoms with Crippen LogP contribution in [0.25, 0.3) is 0 Å². The van der Waals surface area contributed by atoms with E-state index in [0.717, 1.165) is 19.6 Å². The first-order valence-corrected chi connectivity index (χ1v) is 5.92. The van der Waals surface area contributed by atoms with E-state index in [4.69, 9.17) is 0 Å². The van der Waals surface area contributed by atoms with Crippen molar-refractivity contribution in [3.63, 3.8) is 0 Å². The molecule has 0 aromatic carbocycles. The van der Waals surface area contributed by atoms with E-state index in [9.17, 15) is 4.79 Å². The molecule has 2 aliphatic rings. The minimum absolute atomic E-state index is 0.300. The van der Waals surface area contributed by atoms with Crippen molar-refractivity contribution in [2.24, 2.45) is 0 Å². The predicted molar refractivity (Wildman–Crippen MR) is 59.7 cm³/mol. The van der Waals surface area contributed by atoms with E-state index in [2.05, 4.69) is 17.1 Å². The van der Waals surface area contributed by atoms with Crippen molar-refractivity contribution >= 4 is 5.91 Å².